The summed E-state index contributed by atoms with van der Waals surface area (Å²) >= 11 is 0. The Balaban J connectivity index is 1.31. The quantitative estimate of drug-likeness (QED) is 0.496. The predicted molar refractivity (Wildman–Crippen MR) is 120 cm³/mol. The molecule has 4 aromatic heterocycles. The van der Waals surface area contributed by atoms with E-state index in [9.17, 15) is 4.39 Å². The fraction of sp³-hybridized carbons (Fsp3) is 0.208. The summed E-state index contributed by atoms with van der Waals surface area (Å²) in [7, 11) is 0. The van der Waals surface area contributed by atoms with E-state index in [1.165, 1.54) is 12.4 Å². The van der Waals surface area contributed by atoms with E-state index in [0.717, 1.165) is 23.4 Å². The van der Waals surface area contributed by atoms with Gasteiger partial charge in [-0.2, -0.15) is 4.39 Å². The van der Waals surface area contributed by atoms with Crippen LogP contribution in [0, 0.1) is 18.6 Å². The molecule has 0 saturated carbocycles. The van der Waals surface area contributed by atoms with Crippen molar-refractivity contribution < 1.29 is 8.78 Å². The number of halogens is 2. The van der Waals surface area contributed by atoms with Crippen LogP contribution in [0.2, 0.25) is 0 Å². The molecular weight excluding hydrogens is 424 g/mol. The molecule has 9 heteroatoms. The molecule has 0 unspecified atom stereocenters. The highest BCUT2D eigenvalue weighted by Gasteiger charge is 2.22. The van der Waals surface area contributed by atoms with E-state index >= 15 is 4.39 Å². The molecule has 1 aliphatic rings. The second kappa shape index (κ2) is 8.85. The first-order valence-corrected chi connectivity index (χ1v) is 10.6. The van der Waals surface area contributed by atoms with Crippen LogP contribution in [0.3, 0.4) is 0 Å². The summed E-state index contributed by atoms with van der Waals surface area (Å²) in [5.74, 6) is -0.701. The Morgan fingerprint density at radius 3 is 2.79 bits per heavy atom. The van der Waals surface area contributed by atoms with E-state index in [0.29, 0.717) is 24.2 Å². The Kier molecular flexibility index (Phi) is 5.60. The monoisotopic (exact) mass is 445 g/mol. The first-order chi connectivity index (χ1) is 16.1. The molecular formula is C24H21F2N7. The van der Waals surface area contributed by atoms with Gasteiger partial charge in [0.1, 0.15) is 17.8 Å². The van der Waals surface area contributed by atoms with Crippen LogP contribution in [0.4, 0.5) is 20.4 Å². The number of hydrogen-bond donors (Lipinski definition) is 1. The second-order valence-electron chi connectivity index (χ2n) is 7.85. The molecule has 0 amide bonds. The smallest absolute Gasteiger partial charge is 0.207 e. The van der Waals surface area contributed by atoms with Crippen LogP contribution >= 0.6 is 0 Å². The van der Waals surface area contributed by atoms with Gasteiger partial charge in [0.2, 0.25) is 5.82 Å². The van der Waals surface area contributed by atoms with Gasteiger partial charge in [-0.05, 0) is 42.3 Å². The van der Waals surface area contributed by atoms with Crippen LogP contribution in [-0.2, 0) is 19.5 Å². The van der Waals surface area contributed by atoms with Crippen LogP contribution in [0.25, 0.3) is 11.3 Å². The number of anilines is 2. The van der Waals surface area contributed by atoms with Crippen molar-refractivity contribution in [1.82, 2.24) is 24.9 Å². The Morgan fingerprint density at radius 1 is 1.03 bits per heavy atom. The van der Waals surface area contributed by atoms with Crippen molar-refractivity contribution in [2.75, 3.05) is 16.8 Å². The van der Waals surface area contributed by atoms with E-state index in [4.69, 9.17) is 0 Å². The highest BCUT2D eigenvalue weighted by Crippen LogP contribution is 2.27. The molecule has 0 saturated heterocycles. The van der Waals surface area contributed by atoms with E-state index in [1.807, 2.05) is 24.0 Å². The molecule has 1 N–H and O–H groups in total. The van der Waals surface area contributed by atoms with Crippen LogP contribution < -0.4 is 10.2 Å². The summed E-state index contributed by atoms with van der Waals surface area (Å²) in [5, 5.41) is 2.94. The highest BCUT2D eigenvalue weighted by atomic mass is 19.1. The average Bonchev–Trinajstić information content (AvgIpc) is 2.83. The van der Waals surface area contributed by atoms with Gasteiger partial charge < -0.3 is 10.2 Å². The van der Waals surface area contributed by atoms with E-state index in [1.54, 1.807) is 30.7 Å². The molecule has 0 aliphatic carbocycles. The molecule has 0 aromatic carbocycles. The van der Waals surface area contributed by atoms with Crippen molar-refractivity contribution >= 4 is 11.6 Å². The summed E-state index contributed by atoms with van der Waals surface area (Å²) < 4.78 is 29.9. The topological polar surface area (TPSA) is 79.7 Å². The fourth-order valence-corrected chi connectivity index (χ4v) is 3.92. The molecule has 4 aromatic rings. The fourth-order valence-electron chi connectivity index (χ4n) is 3.92. The number of pyridine rings is 3. The zero-order valence-electron chi connectivity index (χ0n) is 18.0. The normalized spacial score (nSPS) is 13.0. The predicted octanol–water partition coefficient (Wildman–Crippen LogP) is 4.09. The summed E-state index contributed by atoms with van der Waals surface area (Å²) in [6.45, 7) is 3.15. The van der Waals surface area contributed by atoms with E-state index in [-0.39, 0.29) is 23.9 Å². The van der Waals surface area contributed by atoms with Crippen LogP contribution in [-0.4, -0.2) is 31.5 Å². The van der Waals surface area contributed by atoms with Crippen molar-refractivity contribution in [3.63, 3.8) is 0 Å². The third kappa shape index (κ3) is 4.34. The lowest BCUT2D eigenvalue weighted by atomic mass is 10.1. The summed E-state index contributed by atoms with van der Waals surface area (Å²) in [6.07, 6.45) is 7.00. The lowest BCUT2D eigenvalue weighted by Crippen LogP contribution is -2.32. The summed E-state index contributed by atoms with van der Waals surface area (Å²) in [4.78, 5) is 22.8. The van der Waals surface area contributed by atoms with Crippen molar-refractivity contribution in [2.45, 2.75) is 26.4 Å². The molecule has 0 spiro atoms. The number of aromatic nitrogens is 5. The molecule has 0 fully saturated rings. The number of nitrogens with one attached hydrogen (secondary N) is 1. The maximum Gasteiger partial charge on any atom is 0.207 e. The number of nitrogens with zero attached hydrogens (tertiary/aromatic N) is 6. The first kappa shape index (κ1) is 20.9. The van der Waals surface area contributed by atoms with Crippen molar-refractivity contribution in [3.05, 3.63) is 89.4 Å². The van der Waals surface area contributed by atoms with Crippen LogP contribution in [0.15, 0.2) is 55.2 Å². The van der Waals surface area contributed by atoms with Gasteiger partial charge in [-0.15, -0.1) is 0 Å². The van der Waals surface area contributed by atoms with Gasteiger partial charge in [-0.25, -0.2) is 14.4 Å². The van der Waals surface area contributed by atoms with Gasteiger partial charge in [0.15, 0.2) is 11.6 Å². The van der Waals surface area contributed by atoms with E-state index in [2.05, 4.69) is 30.2 Å². The molecule has 166 valence electrons. The summed E-state index contributed by atoms with van der Waals surface area (Å²) in [6, 6.07) is 8.74. The molecule has 7 nitrogen and oxygen atoms in total. The van der Waals surface area contributed by atoms with Gasteiger partial charge >= 0.3 is 0 Å². The van der Waals surface area contributed by atoms with Gasteiger partial charge in [0, 0.05) is 61.6 Å². The third-order valence-electron chi connectivity index (χ3n) is 5.56. The lowest BCUT2D eigenvalue weighted by Gasteiger charge is -2.29. The molecule has 1 aliphatic heterocycles. The molecule has 0 bridgehead atoms. The van der Waals surface area contributed by atoms with E-state index < -0.39 is 11.6 Å². The number of fused-ring (bicyclic) bond motifs is 1. The van der Waals surface area contributed by atoms with Gasteiger partial charge in [-0.1, -0.05) is 6.07 Å². The molecule has 5 rings (SSSR count). The Bertz CT molecular complexity index is 1310. The molecule has 0 radical (unpaired) electrons. The minimum atomic E-state index is -0.540. The maximum atomic E-state index is 15.2. The standard InChI is InChI=1S/C24H21F2N7/c1-15-9-17(4-7-27-15)22-19(25)10-16(11-29-22)12-30-23-21(26)24(32-14-31-23)33-8-5-20-18(13-33)3-2-6-28-20/h2-4,6-7,9-11,14H,5,8,12-13H2,1H3,(H,30,31,32). The Morgan fingerprint density at radius 2 is 1.94 bits per heavy atom. The van der Waals surface area contributed by atoms with Crippen LogP contribution in [0.1, 0.15) is 22.5 Å². The van der Waals surface area contributed by atoms with Crippen LogP contribution in [0.5, 0.6) is 0 Å². The molecule has 5 heterocycles. The van der Waals surface area contributed by atoms with Crippen molar-refractivity contribution in [3.8, 4) is 11.3 Å². The maximum absolute atomic E-state index is 15.2. The lowest BCUT2D eigenvalue weighted by molar-refractivity contribution is 0.594. The Labute approximate surface area is 189 Å². The highest BCUT2D eigenvalue weighted by molar-refractivity contribution is 5.60. The SMILES string of the molecule is Cc1cc(-c2ncc(CNc3ncnc(N4CCc5ncccc5C4)c3F)cc2F)ccn1. The number of aryl methyl sites for hydroxylation is 1. The first-order valence-electron chi connectivity index (χ1n) is 10.6. The summed E-state index contributed by atoms with van der Waals surface area (Å²) in [5.41, 5.74) is 4.34. The Hall–Kier alpha value is -4.01. The zero-order chi connectivity index (χ0) is 22.8. The van der Waals surface area contributed by atoms with Gasteiger partial charge in [-0.3, -0.25) is 15.0 Å². The zero-order valence-corrected chi connectivity index (χ0v) is 18.0. The minimum absolute atomic E-state index is 0.0613. The minimum Gasteiger partial charge on any atom is -0.363 e. The third-order valence-corrected chi connectivity index (χ3v) is 5.56. The largest absolute Gasteiger partial charge is 0.363 e. The van der Waals surface area contributed by atoms with Crippen molar-refractivity contribution in [1.29, 1.82) is 0 Å². The van der Waals surface area contributed by atoms with Gasteiger partial charge in [0.25, 0.3) is 0 Å². The second-order valence-corrected chi connectivity index (χ2v) is 7.85. The number of rotatable bonds is 5. The molecule has 0 atom stereocenters. The molecule has 33 heavy (non-hydrogen) atoms. The average molecular weight is 445 g/mol. The van der Waals surface area contributed by atoms with Gasteiger partial charge in [0.05, 0.1) is 0 Å². The number of hydrogen-bond acceptors (Lipinski definition) is 7. The van der Waals surface area contributed by atoms with Crippen molar-refractivity contribution in [2.24, 2.45) is 0 Å².